The number of ketones is 1. The van der Waals surface area contributed by atoms with E-state index in [1.54, 1.807) is 24.4 Å². The zero-order valence-corrected chi connectivity index (χ0v) is 13.6. The fourth-order valence-corrected chi connectivity index (χ4v) is 2.28. The molecule has 22 heavy (non-hydrogen) atoms. The van der Waals surface area contributed by atoms with Crippen LogP contribution in [0.4, 0.5) is 0 Å². The molecular weight excluding hydrogens is 298 g/mol. The normalized spacial score (nSPS) is 12.2. The van der Waals surface area contributed by atoms with Gasteiger partial charge in [-0.2, -0.15) is 0 Å². The second-order valence-corrected chi connectivity index (χ2v) is 6.13. The molecule has 0 amide bonds. The third-order valence-electron chi connectivity index (χ3n) is 3.10. The second-order valence-electron chi connectivity index (χ2n) is 5.60. The third-order valence-corrected chi connectivity index (χ3v) is 3.45. The van der Waals surface area contributed by atoms with Crippen LogP contribution in [0.25, 0.3) is 0 Å². The maximum Gasteiger partial charge on any atom is 0.199 e. The van der Waals surface area contributed by atoms with Crippen molar-refractivity contribution in [3.8, 4) is 5.75 Å². The van der Waals surface area contributed by atoms with Gasteiger partial charge in [0, 0.05) is 6.20 Å². The van der Waals surface area contributed by atoms with Gasteiger partial charge in [-0.3, -0.25) is 9.78 Å². The number of hydrogen-bond donors (Lipinski definition) is 0. The molecule has 0 radical (unpaired) electrons. The van der Waals surface area contributed by atoms with E-state index in [2.05, 4.69) is 18.8 Å². The van der Waals surface area contributed by atoms with Crippen molar-refractivity contribution in [2.45, 2.75) is 25.6 Å². The number of alkyl halides is 1. The van der Waals surface area contributed by atoms with Gasteiger partial charge >= 0.3 is 0 Å². The number of aromatic nitrogens is 1. The largest absolute Gasteiger partial charge is 0.493 e. The molecule has 0 aliphatic heterocycles. The molecule has 1 atom stereocenters. The minimum absolute atomic E-state index is 0.157. The van der Waals surface area contributed by atoms with E-state index >= 15 is 0 Å². The first-order valence-electron chi connectivity index (χ1n) is 7.37. The van der Waals surface area contributed by atoms with Gasteiger partial charge in [0.05, 0.1) is 6.61 Å². The molecule has 1 unspecified atom stereocenters. The summed E-state index contributed by atoms with van der Waals surface area (Å²) in [5.74, 6) is 1.12. The van der Waals surface area contributed by atoms with Crippen molar-refractivity contribution in [1.29, 1.82) is 0 Å². The Kier molecular flexibility index (Phi) is 5.96. The average Bonchev–Trinajstić information content (AvgIpc) is 2.53. The van der Waals surface area contributed by atoms with Crippen LogP contribution in [0.2, 0.25) is 0 Å². The molecule has 1 aromatic heterocycles. The van der Waals surface area contributed by atoms with Crippen LogP contribution in [0, 0.1) is 5.92 Å². The van der Waals surface area contributed by atoms with Crippen molar-refractivity contribution in [2.24, 2.45) is 5.92 Å². The molecule has 1 aromatic carbocycles. The van der Waals surface area contributed by atoms with E-state index in [0.29, 0.717) is 24.6 Å². The van der Waals surface area contributed by atoms with Gasteiger partial charge in [-0.15, -0.1) is 11.6 Å². The molecule has 0 aliphatic rings. The molecule has 2 aromatic rings. The number of benzene rings is 1. The van der Waals surface area contributed by atoms with Crippen LogP contribution in [0.1, 0.15) is 29.9 Å². The van der Waals surface area contributed by atoms with Crippen molar-refractivity contribution >= 4 is 17.4 Å². The fourth-order valence-electron chi connectivity index (χ4n) is 1.99. The molecule has 0 bridgehead atoms. The number of carbonyl (C=O) groups excluding carboxylic acids is 1. The number of ether oxygens (including phenoxy) is 1. The van der Waals surface area contributed by atoms with E-state index in [0.717, 1.165) is 11.3 Å². The zero-order chi connectivity index (χ0) is 15.9. The van der Waals surface area contributed by atoms with Gasteiger partial charge < -0.3 is 4.74 Å². The van der Waals surface area contributed by atoms with Gasteiger partial charge in [0.25, 0.3) is 0 Å². The summed E-state index contributed by atoms with van der Waals surface area (Å²) in [6.45, 7) is 4.87. The number of Topliss-reactive ketones (excluding diaryl/α,β-unsaturated/α-hetero) is 1. The van der Waals surface area contributed by atoms with Gasteiger partial charge in [0.1, 0.15) is 16.8 Å². The zero-order valence-electron chi connectivity index (χ0n) is 12.8. The van der Waals surface area contributed by atoms with E-state index < -0.39 is 5.38 Å². The lowest BCUT2D eigenvalue weighted by molar-refractivity contribution is 0.0982. The molecule has 0 fully saturated rings. The van der Waals surface area contributed by atoms with Crippen molar-refractivity contribution in [3.05, 3.63) is 59.9 Å². The predicted molar refractivity (Wildman–Crippen MR) is 88.7 cm³/mol. The van der Waals surface area contributed by atoms with Crippen LogP contribution in [0.3, 0.4) is 0 Å². The predicted octanol–water partition coefficient (Wildman–Crippen LogP) is 4.15. The number of carbonyl (C=O) groups is 1. The molecule has 2 rings (SSSR count). The molecule has 0 N–H and O–H groups in total. The lowest BCUT2D eigenvalue weighted by Crippen LogP contribution is -2.18. The monoisotopic (exact) mass is 317 g/mol. The molecular formula is C18H20ClNO2. The maximum absolute atomic E-state index is 12.2. The van der Waals surface area contributed by atoms with Crippen molar-refractivity contribution in [1.82, 2.24) is 4.98 Å². The highest BCUT2D eigenvalue weighted by Crippen LogP contribution is 2.18. The van der Waals surface area contributed by atoms with E-state index in [-0.39, 0.29) is 5.78 Å². The Morgan fingerprint density at radius 3 is 2.73 bits per heavy atom. The highest BCUT2D eigenvalue weighted by atomic mass is 35.5. The van der Waals surface area contributed by atoms with Gasteiger partial charge in [-0.05, 0) is 42.2 Å². The Labute approximate surface area is 136 Å². The molecule has 0 saturated carbocycles. The first-order chi connectivity index (χ1) is 10.6. The molecule has 116 valence electrons. The van der Waals surface area contributed by atoms with Gasteiger partial charge in [-0.25, -0.2) is 0 Å². The first kappa shape index (κ1) is 16.5. The van der Waals surface area contributed by atoms with Crippen molar-refractivity contribution < 1.29 is 9.53 Å². The Hall–Kier alpha value is -1.87. The fraction of sp³-hybridized carbons (Fsp3) is 0.333. The topological polar surface area (TPSA) is 39.2 Å². The number of nitrogens with zero attached hydrogens (tertiary/aromatic N) is 1. The molecule has 1 heterocycles. The molecule has 0 aliphatic carbocycles. The Balaban J connectivity index is 2.01. The molecule has 0 saturated heterocycles. The molecule has 3 nitrogen and oxygen atoms in total. The number of halogens is 1. The number of rotatable bonds is 7. The second kappa shape index (κ2) is 7.95. The summed E-state index contributed by atoms with van der Waals surface area (Å²) < 4.78 is 5.69. The van der Waals surface area contributed by atoms with Gasteiger partial charge in [0.15, 0.2) is 5.78 Å². The van der Waals surface area contributed by atoms with E-state index in [4.69, 9.17) is 16.3 Å². The molecule has 4 heteroatoms. The van der Waals surface area contributed by atoms with Crippen molar-refractivity contribution in [2.75, 3.05) is 6.61 Å². The summed E-state index contributed by atoms with van der Waals surface area (Å²) in [5, 5.41) is -0.629. The van der Waals surface area contributed by atoms with Crippen LogP contribution < -0.4 is 4.74 Å². The van der Waals surface area contributed by atoms with Crippen LogP contribution in [0.15, 0.2) is 48.7 Å². The number of pyridine rings is 1. The summed E-state index contributed by atoms with van der Waals surface area (Å²) in [7, 11) is 0. The minimum atomic E-state index is -0.629. The average molecular weight is 318 g/mol. The Morgan fingerprint density at radius 1 is 1.23 bits per heavy atom. The quantitative estimate of drug-likeness (QED) is 0.569. The van der Waals surface area contributed by atoms with Gasteiger partial charge in [0.2, 0.25) is 0 Å². The first-order valence-corrected chi connectivity index (χ1v) is 7.81. The summed E-state index contributed by atoms with van der Waals surface area (Å²) in [6.07, 6.45) is 2.05. The van der Waals surface area contributed by atoms with E-state index in [9.17, 15) is 4.79 Å². The minimum Gasteiger partial charge on any atom is -0.493 e. The van der Waals surface area contributed by atoms with Crippen LogP contribution in [0.5, 0.6) is 5.75 Å². The SMILES string of the molecule is CC(C)COc1cccc(CC(Cl)C(=O)c2ccccn2)c1. The summed E-state index contributed by atoms with van der Waals surface area (Å²) in [6, 6.07) is 12.9. The maximum atomic E-state index is 12.2. The lowest BCUT2D eigenvalue weighted by Gasteiger charge is -2.11. The summed E-state index contributed by atoms with van der Waals surface area (Å²) >= 11 is 6.25. The van der Waals surface area contributed by atoms with Gasteiger partial charge in [-0.1, -0.05) is 32.0 Å². The number of hydrogen-bond acceptors (Lipinski definition) is 3. The van der Waals surface area contributed by atoms with Crippen LogP contribution in [-0.2, 0) is 6.42 Å². The lowest BCUT2D eigenvalue weighted by atomic mass is 10.0. The van der Waals surface area contributed by atoms with E-state index in [1.807, 2.05) is 24.3 Å². The molecule has 0 spiro atoms. The van der Waals surface area contributed by atoms with E-state index in [1.165, 1.54) is 0 Å². The highest BCUT2D eigenvalue weighted by Gasteiger charge is 2.19. The standard InChI is InChI=1S/C18H20ClNO2/c1-13(2)12-22-15-7-5-6-14(10-15)11-16(19)18(21)17-8-3-4-9-20-17/h3-10,13,16H,11-12H2,1-2H3. The smallest absolute Gasteiger partial charge is 0.199 e. The van der Waals surface area contributed by atoms with Crippen molar-refractivity contribution in [3.63, 3.8) is 0 Å². The summed E-state index contributed by atoms with van der Waals surface area (Å²) in [5.41, 5.74) is 1.38. The summed E-state index contributed by atoms with van der Waals surface area (Å²) in [4.78, 5) is 16.3. The van der Waals surface area contributed by atoms with Crippen LogP contribution >= 0.6 is 11.6 Å². The third kappa shape index (κ3) is 4.85. The van der Waals surface area contributed by atoms with Crippen LogP contribution in [-0.4, -0.2) is 22.8 Å². The Bertz CT molecular complexity index is 613. The highest BCUT2D eigenvalue weighted by molar-refractivity contribution is 6.33. The Morgan fingerprint density at radius 2 is 2.05 bits per heavy atom.